The Labute approximate surface area is 104 Å². The van der Waals surface area contributed by atoms with Gasteiger partial charge in [0.25, 0.3) is 0 Å². The molecule has 0 heterocycles. The fourth-order valence-corrected chi connectivity index (χ4v) is 1.85. The van der Waals surface area contributed by atoms with Gasteiger partial charge < -0.3 is 14.9 Å². The van der Waals surface area contributed by atoms with E-state index in [2.05, 4.69) is 22.5 Å². The summed E-state index contributed by atoms with van der Waals surface area (Å²) in [5.41, 5.74) is 1.17. The van der Waals surface area contributed by atoms with Gasteiger partial charge in [-0.3, -0.25) is 0 Å². The summed E-state index contributed by atoms with van der Waals surface area (Å²) in [6, 6.07) is 3.46. The molecule has 4 heteroatoms. The van der Waals surface area contributed by atoms with Gasteiger partial charge in [-0.25, -0.2) is 0 Å². The monoisotopic (exact) mass is 286 g/mol. The van der Waals surface area contributed by atoms with Gasteiger partial charge in [0.2, 0.25) is 0 Å². The summed E-state index contributed by atoms with van der Waals surface area (Å²) >= 11 is 3.32. The maximum absolute atomic E-state index is 9.79. The molecule has 0 saturated carbocycles. The maximum Gasteiger partial charge on any atom is 0.126 e. The summed E-state index contributed by atoms with van der Waals surface area (Å²) in [6.45, 7) is 4.30. The van der Waals surface area contributed by atoms with E-state index in [1.807, 2.05) is 0 Å². The third-order valence-corrected chi connectivity index (χ3v) is 2.58. The summed E-state index contributed by atoms with van der Waals surface area (Å²) in [7, 11) is 0. The zero-order chi connectivity index (χ0) is 12.0. The maximum atomic E-state index is 9.79. The first kappa shape index (κ1) is 13.2. The SMILES string of the molecule is C=CCCOCc1cc(Br)cc(CO)c1O. The van der Waals surface area contributed by atoms with Crippen molar-refractivity contribution in [2.24, 2.45) is 0 Å². The molecule has 0 radical (unpaired) electrons. The van der Waals surface area contributed by atoms with E-state index >= 15 is 0 Å². The topological polar surface area (TPSA) is 49.7 Å². The second-order valence-corrected chi connectivity index (χ2v) is 4.28. The third-order valence-electron chi connectivity index (χ3n) is 2.13. The molecule has 0 fully saturated rings. The zero-order valence-electron chi connectivity index (χ0n) is 8.95. The van der Waals surface area contributed by atoms with Crippen LogP contribution < -0.4 is 0 Å². The molecule has 1 rings (SSSR count). The Morgan fingerprint density at radius 1 is 1.38 bits per heavy atom. The van der Waals surface area contributed by atoms with Gasteiger partial charge in [-0.15, -0.1) is 6.58 Å². The highest BCUT2D eigenvalue weighted by atomic mass is 79.9. The minimum atomic E-state index is -0.190. The van der Waals surface area contributed by atoms with Gasteiger partial charge >= 0.3 is 0 Å². The lowest BCUT2D eigenvalue weighted by molar-refractivity contribution is 0.123. The molecule has 2 N–H and O–H groups in total. The van der Waals surface area contributed by atoms with Crippen LogP contribution in [0.3, 0.4) is 0 Å². The van der Waals surface area contributed by atoms with Crippen molar-refractivity contribution in [3.05, 3.63) is 40.4 Å². The number of ether oxygens (including phenoxy) is 1. The third kappa shape index (κ3) is 3.63. The molecule has 0 amide bonds. The van der Waals surface area contributed by atoms with Crippen LogP contribution >= 0.6 is 15.9 Å². The highest BCUT2D eigenvalue weighted by Crippen LogP contribution is 2.28. The Morgan fingerprint density at radius 3 is 2.69 bits per heavy atom. The minimum Gasteiger partial charge on any atom is -0.507 e. The summed E-state index contributed by atoms with van der Waals surface area (Å²) < 4.78 is 6.18. The van der Waals surface area contributed by atoms with Crippen molar-refractivity contribution in [2.75, 3.05) is 6.61 Å². The van der Waals surface area contributed by atoms with E-state index in [0.717, 1.165) is 10.9 Å². The molecule has 0 aliphatic heterocycles. The van der Waals surface area contributed by atoms with E-state index in [-0.39, 0.29) is 12.4 Å². The van der Waals surface area contributed by atoms with Crippen molar-refractivity contribution in [1.82, 2.24) is 0 Å². The molecule has 3 nitrogen and oxygen atoms in total. The largest absolute Gasteiger partial charge is 0.507 e. The Kier molecular flexibility index (Phi) is 5.52. The fourth-order valence-electron chi connectivity index (χ4n) is 1.30. The standard InChI is InChI=1S/C12H15BrO3/c1-2-3-4-16-8-10-6-11(13)5-9(7-14)12(10)15/h2,5-6,14-15H,1,3-4,7-8H2. The van der Waals surface area contributed by atoms with Crippen LogP contribution in [0.4, 0.5) is 0 Å². The van der Waals surface area contributed by atoms with Crippen molar-refractivity contribution in [1.29, 1.82) is 0 Å². The molecule has 0 spiro atoms. The minimum absolute atomic E-state index is 0.101. The average molecular weight is 287 g/mol. The highest BCUT2D eigenvalue weighted by molar-refractivity contribution is 9.10. The number of aromatic hydroxyl groups is 1. The lowest BCUT2D eigenvalue weighted by atomic mass is 10.1. The Balaban J connectivity index is 2.71. The van der Waals surface area contributed by atoms with E-state index in [1.54, 1.807) is 18.2 Å². The van der Waals surface area contributed by atoms with Crippen molar-refractivity contribution in [2.45, 2.75) is 19.6 Å². The summed E-state index contributed by atoms with van der Waals surface area (Å²) in [5, 5.41) is 18.8. The number of halogens is 1. The number of rotatable bonds is 6. The Hall–Kier alpha value is -0.840. The van der Waals surface area contributed by atoms with Crippen molar-refractivity contribution >= 4 is 15.9 Å². The quantitative estimate of drug-likeness (QED) is 0.625. The molecule has 0 atom stereocenters. The molecule has 16 heavy (non-hydrogen) atoms. The van der Waals surface area contributed by atoms with E-state index in [9.17, 15) is 5.11 Å². The van der Waals surface area contributed by atoms with Crippen LogP contribution in [0.25, 0.3) is 0 Å². The van der Waals surface area contributed by atoms with Crippen LogP contribution in [0.2, 0.25) is 0 Å². The van der Waals surface area contributed by atoms with Gasteiger partial charge in [-0.1, -0.05) is 22.0 Å². The molecule has 1 aromatic carbocycles. The normalized spacial score (nSPS) is 10.4. The van der Waals surface area contributed by atoms with Gasteiger partial charge in [0.05, 0.1) is 19.8 Å². The fraction of sp³-hybridized carbons (Fsp3) is 0.333. The number of phenols is 1. The van der Waals surface area contributed by atoms with Gasteiger partial charge in [0, 0.05) is 15.6 Å². The molecule has 1 aromatic rings. The number of hydrogen-bond acceptors (Lipinski definition) is 3. The van der Waals surface area contributed by atoms with Crippen LogP contribution in [-0.4, -0.2) is 16.8 Å². The Bertz CT molecular complexity index is 364. The van der Waals surface area contributed by atoms with Crippen LogP contribution in [-0.2, 0) is 18.0 Å². The highest BCUT2D eigenvalue weighted by Gasteiger charge is 2.08. The van der Waals surface area contributed by atoms with Crippen LogP contribution in [0.1, 0.15) is 17.5 Å². The lowest BCUT2D eigenvalue weighted by Gasteiger charge is -2.09. The second kappa shape index (κ2) is 6.68. The lowest BCUT2D eigenvalue weighted by Crippen LogP contribution is -1.97. The molecule has 0 saturated heterocycles. The number of hydrogen-bond donors (Lipinski definition) is 2. The van der Waals surface area contributed by atoms with Gasteiger partial charge in [-0.05, 0) is 18.6 Å². The Morgan fingerprint density at radius 2 is 2.06 bits per heavy atom. The van der Waals surface area contributed by atoms with Gasteiger partial charge in [0.1, 0.15) is 5.75 Å². The van der Waals surface area contributed by atoms with Crippen molar-refractivity contribution in [3.8, 4) is 5.75 Å². The number of benzene rings is 1. The molecule has 0 aromatic heterocycles. The molecule has 0 aliphatic rings. The van der Waals surface area contributed by atoms with E-state index in [4.69, 9.17) is 9.84 Å². The smallest absolute Gasteiger partial charge is 0.126 e. The summed E-state index contributed by atoms with van der Waals surface area (Å²) in [6.07, 6.45) is 2.56. The molecule has 0 unspecified atom stereocenters. The van der Waals surface area contributed by atoms with Crippen LogP contribution in [0, 0.1) is 0 Å². The first-order valence-electron chi connectivity index (χ1n) is 4.98. The predicted molar refractivity (Wildman–Crippen MR) is 66.2 cm³/mol. The summed E-state index contributed by atoms with van der Waals surface area (Å²) in [4.78, 5) is 0. The van der Waals surface area contributed by atoms with Crippen molar-refractivity contribution in [3.63, 3.8) is 0 Å². The van der Waals surface area contributed by atoms with E-state index < -0.39 is 0 Å². The first-order chi connectivity index (χ1) is 7.69. The molecule has 0 aliphatic carbocycles. The predicted octanol–water partition coefficient (Wildman–Crippen LogP) is 2.74. The van der Waals surface area contributed by atoms with E-state index in [0.29, 0.717) is 24.3 Å². The zero-order valence-corrected chi connectivity index (χ0v) is 10.5. The number of aliphatic hydroxyl groups excluding tert-OH is 1. The van der Waals surface area contributed by atoms with Crippen LogP contribution in [0.5, 0.6) is 5.75 Å². The van der Waals surface area contributed by atoms with Gasteiger partial charge in [-0.2, -0.15) is 0 Å². The first-order valence-corrected chi connectivity index (χ1v) is 5.78. The second-order valence-electron chi connectivity index (χ2n) is 3.36. The molecular weight excluding hydrogens is 272 g/mol. The van der Waals surface area contributed by atoms with Crippen LogP contribution in [0.15, 0.2) is 29.3 Å². The van der Waals surface area contributed by atoms with Gasteiger partial charge in [0.15, 0.2) is 0 Å². The summed E-state index contributed by atoms with van der Waals surface area (Å²) in [5.74, 6) is 0.101. The van der Waals surface area contributed by atoms with E-state index in [1.165, 1.54) is 0 Å². The number of aliphatic hydroxyl groups is 1. The molecular formula is C12H15BrO3. The molecule has 88 valence electrons. The molecule has 0 bridgehead atoms. The van der Waals surface area contributed by atoms with Crippen molar-refractivity contribution < 1.29 is 14.9 Å². The average Bonchev–Trinajstić information content (AvgIpc) is 2.28.